The van der Waals surface area contributed by atoms with Crippen LogP contribution >= 0.6 is 0 Å². The summed E-state index contributed by atoms with van der Waals surface area (Å²) in [6.45, 7) is 0. The topological polar surface area (TPSA) is 109 Å². The molecule has 0 aromatic heterocycles. The summed E-state index contributed by atoms with van der Waals surface area (Å²) in [6, 6.07) is 5.02. The number of rotatable bonds is 2. The predicted octanol–water partition coefficient (Wildman–Crippen LogP) is 0.843. The van der Waals surface area contributed by atoms with E-state index in [0.717, 1.165) is 0 Å². The number of carboxylic acid groups (broad SMARTS) is 2. The molecule has 0 amide bonds. The first-order chi connectivity index (χ1) is 7.02. The first-order valence-electron chi connectivity index (χ1n) is 3.59. The molecule has 0 aliphatic heterocycles. The van der Waals surface area contributed by atoms with E-state index in [1.54, 1.807) is 0 Å². The molecule has 0 radical (unpaired) electrons. The van der Waals surface area contributed by atoms with E-state index in [9.17, 15) is 9.59 Å². The first-order valence-corrected chi connectivity index (χ1v) is 4.86. The van der Waals surface area contributed by atoms with E-state index in [2.05, 4.69) is 0 Å². The van der Waals surface area contributed by atoms with Gasteiger partial charge in [0.25, 0.3) is 0 Å². The Labute approximate surface area is 93.1 Å². The quantitative estimate of drug-likeness (QED) is 0.748. The summed E-state index contributed by atoms with van der Waals surface area (Å²) in [6.07, 6.45) is 0. The van der Waals surface area contributed by atoms with Crippen molar-refractivity contribution in [3.05, 3.63) is 35.4 Å². The molecule has 0 atom stereocenters. The summed E-state index contributed by atoms with van der Waals surface area (Å²) >= 11 is -2.00. The molecule has 6 nitrogen and oxygen atoms in total. The second-order valence-electron chi connectivity index (χ2n) is 2.27. The fourth-order valence-electron chi connectivity index (χ4n) is 0.755. The second kappa shape index (κ2) is 6.86. The summed E-state index contributed by atoms with van der Waals surface area (Å²) in [5, 5.41) is 16.9. The molecule has 0 saturated heterocycles. The van der Waals surface area contributed by atoms with Gasteiger partial charge in [0.15, 0.2) is 0 Å². The summed E-state index contributed by atoms with van der Waals surface area (Å²) < 4.78 is 17.0. The summed E-state index contributed by atoms with van der Waals surface area (Å²) in [4.78, 5) is 20.7. The Balaban J connectivity index is 0.000000583. The Morgan fingerprint density at radius 1 is 0.867 bits per heavy atom. The Kier molecular flexibility index (Phi) is 6.16. The zero-order valence-electron chi connectivity index (χ0n) is 7.34. The molecule has 1 aromatic rings. The number of carboxylic acids is 2. The van der Waals surface area contributed by atoms with Gasteiger partial charge >= 0.3 is 37.7 Å². The van der Waals surface area contributed by atoms with Gasteiger partial charge in [-0.2, -0.15) is 0 Å². The van der Waals surface area contributed by atoms with Gasteiger partial charge in [-0.05, 0) is 24.3 Å². The Bertz CT molecular complexity index is 357. The van der Waals surface area contributed by atoms with Crippen molar-refractivity contribution in [1.82, 2.24) is 0 Å². The minimum atomic E-state index is -2.00. The van der Waals surface area contributed by atoms with Crippen LogP contribution in [0.3, 0.4) is 0 Å². The van der Waals surface area contributed by atoms with Crippen LogP contribution in [0.2, 0.25) is 0 Å². The SMILES string of the molecule is O=C(O)c1ccc(C(=O)O)cc1.[O]=[Ti]=[O]. The fourth-order valence-corrected chi connectivity index (χ4v) is 0.755. The van der Waals surface area contributed by atoms with Gasteiger partial charge in [0.1, 0.15) is 0 Å². The third kappa shape index (κ3) is 5.04. The van der Waals surface area contributed by atoms with Crippen LogP contribution in [-0.4, -0.2) is 22.2 Å². The number of benzene rings is 1. The first kappa shape index (κ1) is 13.5. The van der Waals surface area contributed by atoms with Crippen LogP contribution in [-0.2, 0) is 25.7 Å². The second-order valence-corrected chi connectivity index (χ2v) is 2.53. The Morgan fingerprint density at radius 2 is 1.07 bits per heavy atom. The van der Waals surface area contributed by atoms with Crippen LogP contribution in [0.5, 0.6) is 0 Å². The van der Waals surface area contributed by atoms with Crippen LogP contribution in [0.15, 0.2) is 24.3 Å². The van der Waals surface area contributed by atoms with E-state index in [4.69, 9.17) is 16.9 Å². The van der Waals surface area contributed by atoms with Gasteiger partial charge in [-0.3, -0.25) is 0 Å². The van der Waals surface area contributed by atoms with Crippen molar-refractivity contribution < 1.29 is 45.5 Å². The number of hydrogen-bond acceptors (Lipinski definition) is 4. The Morgan fingerprint density at radius 3 is 1.20 bits per heavy atom. The standard InChI is InChI=1S/C8H6O4.2O.Ti/c9-7(10)5-1-2-6(4-3-5)8(11)12;;;/h1-4H,(H,9,10)(H,11,12);;;. The molecule has 0 bridgehead atoms. The molecule has 0 unspecified atom stereocenters. The molecular weight excluding hydrogens is 240 g/mol. The van der Waals surface area contributed by atoms with Crippen LogP contribution in [0, 0.1) is 0 Å². The number of hydrogen-bond donors (Lipinski definition) is 2. The van der Waals surface area contributed by atoms with E-state index < -0.39 is 31.0 Å². The summed E-state index contributed by atoms with van der Waals surface area (Å²) in [5.74, 6) is -2.13. The van der Waals surface area contributed by atoms with Crippen molar-refractivity contribution in [1.29, 1.82) is 0 Å². The monoisotopic (exact) mass is 246 g/mol. The molecular formula is C8H6O6Ti. The normalized spacial score (nSPS) is 8.00. The van der Waals surface area contributed by atoms with Gasteiger partial charge < -0.3 is 10.2 Å². The van der Waals surface area contributed by atoms with Crippen molar-refractivity contribution in [3.8, 4) is 0 Å². The molecule has 0 aliphatic carbocycles. The van der Waals surface area contributed by atoms with E-state index in [1.165, 1.54) is 24.3 Å². The van der Waals surface area contributed by atoms with Gasteiger partial charge in [0, 0.05) is 0 Å². The molecule has 1 rings (SSSR count). The van der Waals surface area contributed by atoms with Crippen LogP contribution in [0.1, 0.15) is 20.7 Å². The van der Waals surface area contributed by atoms with Gasteiger partial charge in [-0.25, -0.2) is 9.59 Å². The van der Waals surface area contributed by atoms with Crippen LogP contribution in [0.4, 0.5) is 0 Å². The zero-order chi connectivity index (χ0) is 11.8. The molecule has 0 heterocycles. The molecule has 0 saturated carbocycles. The summed E-state index contributed by atoms with van der Waals surface area (Å²) in [5.41, 5.74) is 0.167. The molecule has 78 valence electrons. The maximum atomic E-state index is 10.3. The van der Waals surface area contributed by atoms with Crippen LogP contribution in [0.25, 0.3) is 0 Å². The third-order valence-electron chi connectivity index (χ3n) is 1.38. The number of aromatic carboxylic acids is 2. The van der Waals surface area contributed by atoms with Crippen LogP contribution < -0.4 is 0 Å². The molecule has 0 aliphatic rings. The van der Waals surface area contributed by atoms with Crippen molar-refractivity contribution in [3.63, 3.8) is 0 Å². The minimum absolute atomic E-state index is 0.0833. The van der Waals surface area contributed by atoms with Crippen molar-refractivity contribution >= 4 is 11.9 Å². The average Bonchev–Trinajstić information content (AvgIpc) is 2.19. The predicted molar refractivity (Wildman–Crippen MR) is 41.7 cm³/mol. The van der Waals surface area contributed by atoms with E-state index >= 15 is 0 Å². The molecule has 0 spiro atoms. The van der Waals surface area contributed by atoms with Crippen molar-refractivity contribution in [2.24, 2.45) is 0 Å². The van der Waals surface area contributed by atoms with Gasteiger partial charge in [0.2, 0.25) is 0 Å². The molecule has 1 aromatic carbocycles. The van der Waals surface area contributed by atoms with Crippen molar-refractivity contribution in [2.45, 2.75) is 0 Å². The number of carbonyl (C=O) groups is 2. The maximum absolute atomic E-state index is 10.3. The van der Waals surface area contributed by atoms with Gasteiger partial charge in [0.05, 0.1) is 11.1 Å². The molecule has 7 heteroatoms. The fraction of sp³-hybridized carbons (Fsp3) is 0. The molecule has 15 heavy (non-hydrogen) atoms. The van der Waals surface area contributed by atoms with E-state index in [-0.39, 0.29) is 11.1 Å². The summed E-state index contributed by atoms with van der Waals surface area (Å²) in [7, 11) is 0. The average molecular weight is 246 g/mol. The zero-order valence-corrected chi connectivity index (χ0v) is 8.90. The van der Waals surface area contributed by atoms with Crippen molar-refractivity contribution in [2.75, 3.05) is 0 Å². The molecule has 2 N–H and O–H groups in total. The third-order valence-corrected chi connectivity index (χ3v) is 1.38. The molecule has 0 fully saturated rings. The van der Waals surface area contributed by atoms with E-state index in [0.29, 0.717) is 0 Å². The Hall–Kier alpha value is -1.53. The van der Waals surface area contributed by atoms with Gasteiger partial charge in [-0.1, -0.05) is 0 Å². The van der Waals surface area contributed by atoms with E-state index in [1.807, 2.05) is 0 Å². The van der Waals surface area contributed by atoms with Gasteiger partial charge in [-0.15, -0.1) is 0 Å².